The van der Waals surface area contributed by atoms with Crippen LogP contribution in [0.3, 0.4) is 0 Å². The Balaban J connectivity index is 1.26. The van der Waals surface area contributed by atoms with E-state index in [2.05, 4.69) is 223 Å². The van der Waals surface area contributed by atoms with Gasteiger partial charge in [0, 0.05) is 34.1 Å². The Morgan fingerprint density at radius 2 is 0.525 bits per heavy atom. The van der Waals surface area contributed by atoms with Crippen LogP contribution in [0.2, 0.25) is 0 Å². The Bertz CT molecular complexity index is 2690. The first-order chi connectivity index (χ1) is 28.5. The van der Waals surface area contributed by atoms with E-state index < -0.39 is 5.41 Å². The summed E-state index contributed by atoms with van der Waals surface area (Å²) in [5.41, 5.74) is 27.2. The van der Waals surface area contributed by atoms with Crippen LogP contribution in [0.1, 0.15) is 66.8 Å². The lowest BCUT2D eigenvalue weighted by molar-refractivity contribution is 0.793. The van der Waals surface area contributed by atoms with Crippen LogP contribution >= 0.6 is 0 Å². The van der Waals surface area contributed by atoms with Crippen molar-refractivity contribution >= 4 is 34.1 Å². The van der Waals surface area contributed by atoms with E-state index in [9.17, 15) is 0 Å². The van der Waals surface area contributed by atoms with Crippen LogP contribution in [-0.2, 0) is 5.41 Å². The van der Waals surface area contributed by atoms with Gasteiger partial charge < -0.3 is 9.80 Å². The second kappa shape index (κ2) is 13.7. The fourth-order valence-corrected chi connectivity index (χ4v) is 9.75. The van der Waals surface area contributed by atoms with Crippen molar-refractivity contribution in [1.82, 2.24) is 0 Å². The Morgan fingerprint density at radius 1 is 0.254 bits per heavy atom. The minimum atomic E-state index is -0.528. The van der Waals surface area contributed by atoms with Gasteiger partial charge in [-0.2, -0.15) is 0 Å². The first-order valence-corrected chi connectivity index (χ1v) is 20.9. The fourth-order valence-electron chi connectivity index (χ4n) is 9.75. The molecule has 59 heavy (non-hydrogen) atoms. The monoisotopic (exact) mass is 762 g/mol. The Hall–Kier alpha value is -6.64. The summed E-state index contributed by atoms with van der Waals surface area (Å²) in [6.07, 6.45) is 0. The van der Waals surface area contributed by atoms with Gasteiger partial charge in [0.15, 0.2) is 0 Å². The standard InChI is InChI=1S/C57H50N2/c1-35-17-21-43(29-39(35)5)58(44-22-18-36(2)40(6)30-44)47-25-27-51-52-28-26-48(59(45-23-19-37(3)41(7)31-45)46-24-20-38(4)42(8)32-46)34-56(52)57(55(51)33-47)53-15-11-9-13-49(53)50-14-10-12-16-54(50)57/h9-34H,1-8H3. The molecule has 0 radical (unpaired) electrons. The van der Waals surface area contributed by atoms with Crippen molar-refractivity contribution in [2.24, 2.45) is 0 Å². The molecule has 0 aromatic heterocycles. The summed E-state index contributed by atoms with van der Waals surface area (Å²) < 4.78 is 0. The second-order valence-corrected chi connectivity index (χ2v) is 17.0. The third-order valence-electron chi connectivity index (χ3n) is 13.6. The number of hydrogen-bond donors (Lipinski definition) is 0. The van der Waals surface area contributed by atoms with E-state index in [1.54, 1.807) is 0 Å². The Kier molecular flexibility index (Phi) is 8.54. The molecule has 2 aliphatic carbocycles. The zero-order valence-corrected chi connectivity index (χ0v) is 35.4. The molecule has 0 aliphatic heterocycles. The third kappa shape index (κ3) is 5.61. The summed E-state index contributed by atoms with van der Waals surface area (Å²) in [7, 11) is 0. The van der Waals surface area contributed by atoms with E-state index in [1.165, 1.54) is 89.0 Å². The highest BCUT2D eigenvalue weighted by molar-refractivity contribution is 5.97. The highest BCUT2D eigenvalue weighted by atomic mass is 15.1. The van der Waals surface area contributed by atoms with E-state index in [0.29, 0.717) is 0 Å². The van der Waals surface area contributed by atoms with Gasteiger partial charge in [-0.3, -0.25) is 0 Å². The molecule has 0 atom stereocenters. The summed E-state index contributed by atoms with van der Waals surface area (Å²) in [4.78, 5) is 4.91. The maximum Gasteiger partial charge on any atom is 0.0727 e. The van der Waals surface area contributed by atoms with Gasteiger partial charge in [0.2, 0.25) is 0 Å². The van der Waals surface area contributed by atoms with Crippen molar-refractivity contribution in [3.63, 3.8) is 0 Å². The number of hydrogen-bond acceptors (Lipinski definition) is 2. The number of rotatable bonds is 6. The summed E-state index contributed by atoms with van der Waals surface area (Å²) >= 11 is 0. The first kappa shape index (κ1) is 36.7. The quantitative estimate of drug-likeness (QED) is 0.166. The van der Waals surface area contributed by atoms with Crippen molar-refractivity contribution in [2.45, 2.75) is 60.8 Å². The van der Waals surface area contributed by atoms with Crippen molar-refractivity contribution in [2.75, 3.05) is 9.80 Å². The number of benzene rings is 8. The van der Waals surface area contributed by atoms with Crippen LogP contribution in [-0.4, -0.2) is 0 Å². The molecule has 0 unspecified atom stereocenters. The highest BCUT2D eigenvalue weighted by Crippen LogP contribution is 2.64. The maximum absolute atomic E-state index is 2.50. The van der Waals surface area contributed by atoms with Gasteiger partial charge in [0.25, 0.3) is 0 Å². The van der Waals surface area contributed by atoms with E-state index in [4.69, 9.17) is 0 Å². The molecule has 0 bridgehead atoms. The average Bonchev–Trinajstić information content (AvgIpc) is 3.70. The van der Waals surface area contributed by atoms with Crippen molar-refractivity contribution in [3.8, 4) is 22.3 Å². The van der Waals surface area contributed by atoms with Crippen LogP contribution in [0.4, 0.5) is 34.1 Å². The van der Waals surface area contributed by atoms with Gasteiger partial charge >= 0.3 is 0 Å². The molecule has 0 heterocycles. The molecule has 2 nitrogen and oxygen atoms in total. The number of fused-ring (bicyclic) bond motifs is 10. The molecule has 0 amide bonds. The lowest BCUT2D eigenvalue weighted by Crippen LogP contribution is -2.26. The Labute approximate surface area is 350 Å². The smallest absolute Gasteiger partial charge is 0.0727 e. The van der Waals surface area contributed by atoms with Gasteiger partial charge in [-0.05, 0) is 217 Å². The molecule has 2 aliphatic rings. The van der Waals surface area contributed by atoms with Crippen molar-refractivity contribution in [3.05, 3.63) is 224 Å². The molecular weight excluding hydrogens is 713 g/mol. The lowest BCUT2D eigenvalue weighted by Gasteiger charge is -2.33. The van der Waals surface area contributed by atoms with Gasteiger partial charge in [-0.15, -0.1) is 0 Å². The van der Waals surface area contributed by atoms with E-state index in [1.807, 2.05) is 0 Å². The third-order valence-corrected chi connectivity index (χ3v) is 13.6. The Morgan fingerprint density at radius 3 is 0.847 bits per heavy atom. The molecule has 10 rings (SSSR count). The molecule has 0 saturated heterocycles. The second-order valence-electron chi connectivity index (χ2n) is 17.0. The first-order valence-electron chi connectivity index (χ1n) is 20.9. The predicted octanol–water partition coefficient (Wildman–Crippen LogP) is 15.4. The van der Waals surface area contributed by atoms with Gasteiger partial charge in [-0.1, -0.05) is 84.9 Å². The average molecular weight is 763 g/mol. The molecule has 0 saturated carbocycles. The van der Waals surface area contributed by atoms with Gasteiger partial charge in [-0.25, -0.2) is 0 Å². The van der Waals surface area contributed by atoms with Gasteiger partial charge in [0.1, 0.15) is 0 Å². The predicted molar refractivity (Wildman–Crippen MR) is 250 cm³/mol. The van der Waals surface area contributed by atoms with E-state index in [-0.39, 0.29) is 0 Å². The summed E-state index contributed by atoms with van der Waals surface area (Å²) in [5.74, 6) is 0. The molecular formula is C57H50N2. The molecule has 8 aromatic carbocycles. The fraction of sp³-hybridized carbons (Fsp3) is 0.158. The van der Waals surface area contributed by atoms with Crippen molar-refractivity contribution in [1.29, 1.82) is 0 Å². The molecule has 8 aromatic rings. The number of aryl methyl sites for hydroxylation is 8. The zero-order chi connectivity index (χ0) is 40.7. The number of anilines is 6. The maximum atomic E-state index is 2.50. The zero-order valence-electron chi connectivity index (χ0n) is 35.4. The molecule has 1 spiro atoms. The minimum Gasteiger partial charge on any atom is -0.310 e. The SMILES string of the molecule is Cc1ccc(N(c2ccc(C)c(C)c2)c2ccc3c(c2)C2(c4ccccc4-c4ccccc42)c2cc(N(c4ccc(C)c(C)c4)c4ccc(C)c(C)c4)ccc2-3)cc1C. The van der Waals surface area contributed by atoms with E-state index in [0.717, 1.165) is 34.1 Å². The van der Waals surface area contributed by atoms with Gasteiger partial charge in [0.05, 0.1) is 5.41 Å². The molecule has 0 fully saturated rings. The lowest BCUT2D eigenvalue weighted by atomic mass is 9.70. The summed E-state index contributed by atoms with van der Waals surface area (Å²) in [6.45, 7) is 17.6. The highest BCUT2D eigenvalue weighted by Gasteiger charge is 2.52. The summed E-state index contributed by atoms with van der Waals surface area (Å²) in [6, 6.07) is 60.2. The molecule has 288 valence electrons. The van der Waals surface area contributed by atoms with Crippen LogP contribution < -0.4 is 9.80 Å². The minimum absolute atomic E-state index is 0.528. The van der Waals surface area contributed by atoms with Crippen LogP contribution in [0.5, 0.6) is 0 Å². The number of nitrogens with zero attached hydrogens (tertiary/aromatic N) is 2. The van der Waals surface area contributed by atoms with Crippen LogP contribution in [0.25, 0.3) is 22.3 Å². The normalized spacial score (nSPS) is 12.9. The molecule has 2 heteroatoms. The van der Waals surface area contributed by atoms with Crippen LogP contribution in [0.15, 0.2) is 158 Å². The van der Waals surface area contributed by atoms with E-state index >= 15 is 0 Å². The van der Waals surface area contributed by atoms with Crippen LogP contribution in [0, 0.1) is 55.4 Å². The van der Waals surface area contributed by atoms with Crippen molar-refractivity contribution < 1.29 is 0 Å². The molecule has 0 N–H and O–H groups in total. The topological polar surface area (TPSA) is 6.48 Å². The summed E-state index contributed by atoms with van der Waals surface area (Å²) in [5, 5.41) is 0. The largest absolute Gasteiger partial charge is 0.310 e.